The number of nitrogens with one attached hydrogen (secondary N) is 2. The third-order valence-electron chi connectivity index (χ3n) is 2.94. The summed E-state index contributed by atoms with van der Waals surface area (Å²) < 4.78 is 27.8. The normalized spacial score (nSPS) is 20.3. The first-order valence-electron chi connectivity index (χ1n) is 6.20. The molecule has 0 bridgehead atoms. The van der Waals surface area contributed by atoms with Gasteiger partial charge in [0.05, 0.1) is 11.9 Å². The molecule has 1 unspecified atom stereocenters. The molecule has 1 aliphatic rings. The van der Waals surface area contributed by atoms with Crippen molar-refractivity contribution < 1.29 is 8.42 Å². The van der Waals surface area contributed by atoms with Gasteiger partial charge < -0.3 is 5.32 Å². The highest BCUT2D eigenvalue weighted by Gasteiger charge is 2.21. The summed E-state index contributed by atoms with van der Waals surface area (Å²) in [5, 5.41) is 10.7. The highest BCUT2D eigenvalue weighted by molar-refractivity contribution is 7.89. The summed E-state index contributed by atoms with van der Waals surface area (Å²) in [6.45, 7) is 2.03. The van der Waals surface area contributed by atoms with Gasteiger partial charge >= 0.3 is 0 Å². The average molecular weight is 273 g/mol. The molecule has 2 heterocycles. The van der Waals surface area contributed by atoms with Gasteiger partial charge in [-0.3, -0.25) is 4.68 Å². The summed E-state index contributed by atoms with van der Waals surface area (Å²) in [4.78, 5) is 0. The van der Waals surface area contributed by atoms with E-state index in [4.69, 9.17) is 0 Å². The molecule has 8 heteroatoms. The third kappa shape index (κ3) is 4.35. The van der Waals surface area contributed by atoms with E-state index >= 15 is 0 Å². The van der Waals surface area contributed by atoms with Gasteiger partial charge in [-0.2, -0.15) is 0 Å². The van der Waals surface area contributed by atoms with Crippen LogP contribution in [0.25, 0.3) is 0 Å². The van der Waals surface area contributed by atoms with Crippen LogP contribution in [-0.2, 0) is 16.6 Å². The lowest BCUT2D eigenvalue weighted by Crippen LogP contribution is -2.37. The molecule has 0 saturated carbocycles. The summed E-state index contributed by atoms with van der Waals surface area (Å²) in [6, 6.07) is 0.109. The minimum absolute atomic E-state index is 0.109. The van der Waals surface area contributed by atoms with E-state index < -0.39 is 10.0 Å². The van der Waals surface area contributed by atoms with Crippen LogP contribution < -0.4 is 10.0 Å². The Kier molecular flexibility index (Phi) is 4.67. The van der Waals surface area contributed by atoms with E-state index in [1.54, 1.807) is 17.1 Å². The zero-order valence-electron chi connectivity index (χ0n) is 10.2. The van der Waals surface area contributed by atoms with Gasteiger partial charge in [-0.05, 0) is 25.8 Å². The predicted molar refractivity (Wildman–Crippen MR) is 67.5 cm³/mol. The number of hydrogen-bond donors (Lipinski definition) is 2. The van der Waals surface area contributed by atoms with E-state index in [9.17, 15) is 8.42 Å². The Labute approximate surface area is 107 Å². The minimum Gasteiger partial charge on any atom is -0.313 e. The minimum atomic E-state index is -3.16. The van der Waals surface area contributed by atoms with Gasteiger partial charge in [-0.25, -0.2) is 13.1 Å². The van der Waals surface area contributed by atoms with E-state index in [0.29, 0.717) is 19.5 Å². The van der Waals surface area contributed by atoms with Crippen molar-refractivity contribution in [2.75, 3.05) is 18.8 Å². The van der Waals surface area contributed by atoms with Crippen LogP contribution in [0, 0.1) is 0 Å². The Hall–Kier alpha value is -0.990. The third-order valence-corrected chi connectivity index (χ3v) is 4.43. The quantitative estimate of drug-likeness (QED) is 0.644. The van der Waals surface area contributed by atoms with Crippen LogP contribution in [0.1, 0.15) is 19.3 Å². The van der Waals surface area contributed by atoms with E-state index in [1.807, 2.05) is 0 Å². The second kappa shape index (κ2) is 6.26. The van der Waals surface area contributed by atoms with Gasteiger partial charge in [0.2, 0.25) is 10.0 Å². The molecule has 0 aliphatic carbocycles. The van der Waals surface area contributed by atoms with Crippen molar-refractivity contribution in [3.63, 3.8) is 0 Å². The van der Waals surface area contributed by atoms with Crippen molar-refractivity contribution in [1.29, 1.82) is 0 Å². The van der Waals surface area contributed by atoms with Gasteiger partial charge in [0.25, 0.3) is 0 Å². The summed E-state index contributed by atoms with van der Waals surface area (Å²) in [5.74, 6) is 0.177. The Balaban J connectivity index is 1.65. The highest BCUT2D eigenvalue weighted by atomic mass is 32.2. The van der Waals surface area contributed by atoms with Gasteiger partial charge in [0.15, 0.2) is 0 Å². The lowest BCUT2D eigenvalue weighted by atomic mass is 10.3. The van der Waals surface area contributed by atoms with Gasteiger partial charge in [-0.1, -0.05) is 5.21 Å². The zero-order valence-corrected chi connectivity index (χ0v) is 11.1. The maximum absolute atomic E-state index is 11.8. The second-order valence-corrected chi connectivity index (χ2v) is 6.34. The van der Waals surface area contributed by atoms with Crippen molar-refractivity contribution in [3.05, 3.63) is 12.4 Å². The van der Waals surface area contributed by atoms with Crippen molar-refractivity contribution in [2.45, 2.75) is 31.8 Å². The summed E-state index contributed by atoms with van der Waals surface area (Å²) in [7, 11) is -3.16. The van der Waals surface area contributed by atoms with Crippen LogP contribution in [0.5, 0.6) is 0 Å². The number of sulfonamides is 1. The average Bonchev–Trinajstić information content (AvgIpc) is 2.96. The Morgan fingerprint density at radius 3 is 3.06 bits per heavy atom. The maximum Gasteiger partial charge on any atom is 0.213 e. The largest absolute Gasteiger partial charge is 0.313 e. The molecule has 2 rings (SSSR count). The van der Waals surface area contributed by atoms with E-state index in [-0.39, 0.29) is 11.8 Å². The first-order chi connectivity index (χ1) is 8.66. The Morgan fingerprint density at radius 1 is 1.50 bits per heavy atom. The molecule has 7 nitrogen and oxygen atoms in total. The molecule has 1 aliphatic heterocycles. The zero-order chi connectivity index (χ0) is 12.8. The number of nitrogens with zero attached hydrogens (tertiary/aromatic N) is 3. The fourth-order valence-corrected chi connectivity index (χ4v) is 3.43. The molecule has 1 saturated heterocycles. The van der Waals surface area contributed by atoms with Gasteiger partial charge in [0.1, 0.15) is 0 Å². The molecular weight excluding hydrogens is 254 g/mol. The number of aromatic nitrogens is 3. The molecule has 18 heavy (non-hydrogen) atoms. The highest BCUT2D eigenvalue weighted by Crippen LogP contribution is 2.06. The maximum atomic E-state index is 11.8. The first kappa shape index (κ1) is 13.4. The van der Waals surface area contributed by atoms with Crippen LogP contribution in [0.2, 0.25) is 0 Å². The predicted octanol–water partition coefficient (Wildman–Crippen LogP) is -0.660. The molecule has 1 atom stereocenters. The molecular formula is C10H19N5O2S. The van der Waals surface area contributed by atoms with Crippen molar-refractivity contribution in [2.24, 2.45) is 0 Å². The van der Waals surface area contributed by atoms with Gasteiger partial charge in [0, 0.05) is 25.3 Å². The Bertz CT molecular complexity index is 439. The van der Waals surface area contributed by atoms with Crippen molar-refractivity contribution in [3.8, 4) is 0 Å². The first-order valence-corrected chi connectivity index (χ1v) is 7.86. The molecule has 1 aromatic heterocycles. The summed E-state index contributed by atoms with van der Waals surface area (Å²) in [6.07, 6.45) is 6.08. The topological polar surface area (TPSA) is 88.9 Å². The molecule has 1 fully saturated rings. The summed E-state index contributed by atoms with van der Waals surface area (Å²) in [5.41, 5.74) is 0. The van der Waals surface area contributed by atoms with Crippen LogP contribution in [0.15, 0.2) is 12.4 Å². The molecule has 2 N–H and O–H groups in total. The molecule has 0 spiro atoms. The fraction of sp³-hybridized carbons (Fsp3) is 0.800. The van der Waals surface area contributed by atoms with Crippen molar-refractivity contribution in [1.82, 2.24) is 25.0 Å². The number of hydrogen-bond acceptors (Lipinski definition) is 5. The SMILES string of the molecule is O=S(=O)(CC1CCCN1)NCCCn1ccnn1. The molecule has 1 aromatic rings. The molecule has 0 radical (unpaired) electrons. The van der Waals surface area contributed by atoms with E-state index in [1.165, 1.54) is 0 Å². The monoisotopic (exact) mass is 273 g/mol. The molecule has 0 amide bonds. The molecule has 102 valence electrons. The standard InChI is InChI=1S/C10H19N5O2S/c16-18(17,9-10-3-1-4-11-10)13-5-2-7-15-8-6-12-14-15/h6,8,10-11,13H,1-5,7,9H2. The number of aryl methyl sites for hydroxylation is 1. The lowest BCUT2D eigenvalue weighted by molar-refractivity contribution is 0.536. The smallest absolute Gasteiger partial charge is 0.213 e. The van der Waals surface area contributed by atoms with E-state index in [2.05, 4.69) is 20.4 Å². The van der Waals surface area contributed by atoms with Crippen LogP contribution in [0.4, 0.5) is 0 Å². The van der Waals surface area contributed by atoms with Crippen LogP contribution >= 0.6 is 0 Å². The lowest BCUT2D eigenvalue weighted by Gasteiger charge is -2.11. The van der Waals surface area contributed by atoms with Crippen LogP contribution in [0.3, 0.4) is 0 Å². The summed E-state index contributed by atoms with van der Waals surface area (Å²) >= 11 is 0. The van der Waals surface area contributed by atoms with Crippen molar-refractivity contribution >= 4 is 10.0 Å². The van der Waals surface area contributed by atoms with Crippen LogP contribution in [-0.4, -0.2) is 48.3 Å². The fourth-order valence-electron chi connectivity index (χ4n) is 2.04. The van der Waals surface area contributed by atoms with E-state index in [0.717, 1.165) is 19.4 Å². The number of rotatable bonds is 7. The Morgan fingerprint density at radius 2 is 2.39 bits per heavy atom. The second-order valence-electron chi connectivity index (χ2n) is 4.49. The molecule has 0 aromatic carbocycles. The van der Waals surface area contributed by atoms with Gasteiger partial charge in [-0.15, -0.1) is 5.10 Å².